The van der Waals surface area contributed by atoms with Gasteiger partial charge in [-0.25, -0.2) is 4.79 Å². The minimum absolute atomic E-state index is 0.287. The zero-order chi connectivity index (χ0) is 13.5. The number of amides is 1. The molecule has 1 aromatic rings. The molecule has 0 saturated heterocycles. The van der Waals surface area contributed by atoms with Gasteiger partial charge >= 0.3 is 6.09 Å². The van der Waals surface area contributed by atoms with Crippen molar-refractivity contribution in [1.29, 1.82) is 0 Å². The van der Waals surface area contributed by atoms with Crippen LogP contribution in [0.15, 0.2) is 0 Å². The Labute approximate surface area is 107 Å². The SMILES string of the molecule is CNc1c2c(nn1C)CN(C(=O)OC(C)(C)C)C2. The van der Waals surface area contributed by atoms with Gasteiger partial charge in [0.1, 0.15) is 11.4 Å². The number of nitrogens with one attached hydrogen (secondary N) is 1. The molecule has 0 aliphatic carbocycles. The maximum Gasteiger partial charge on any atom is 0.410 e. The minimum Gasteiger partial charge on any atom is -0.444 e. The topological polar surface area (TPSA) is 59.4 Å². The third-order valence-electron chi connectivity index (χ3n) is 2.81. The predicted molar refractivity (Wildman–Crippen MR) is 68.2 cm³/mol. The molecule has 1 aliphatic heterocycles. The summed E-state index contributed by atoms with van der Waals surface area (Å²) in [7, 11) is 3.75. The Bertz CT molecular complexity index is 473. The van der Waals surface area contributed by atoms with E-state index in [0.717, 1.165) is 17.1 Å². The fourth-order valence-corrected chi connectivity index (χ4v) is 2.11. The third kappa shape index (κ3) is 2.27. The van der Waals surface area contributed by atoms with Crippen molar-refractivity contribution in [3.05, 3.63) is 11.3 Å². The average Bonchev–Trinajstić information content (AvgIpc) is 2.71. The zero-order valence-corrected chi connectivity index (χ0v) is 11.6. The first kappa shape index (κ1) is 12.7. The van der Waals surface area contributed by atoms with E-state index in [4.69, 9.17) is 4.74 Å². The molecule has 0 saturated carbocycles. The lowest BCUT2D eigenvalue weighted by Gasteiger charge is -2.24. The highest BCUT2D eigenvalue weighted by Crippen LogP contribution is 2.29. The van der Waals surface area contributed by atoms with Gasteiger partial charge in [0.15, 0.2) is 0 Å². The summed E-state index contributed by atoms with van der Waals surface area (Å²) < 4.78 is 7.16. The van der Waals surface area contributed by atoms with Crippen molar-refractivity contribution in [2.45, 2.75) is 39.5 Å². The van der Waals surface area contributed by atoms with E-state index in [2.05, 4.69) is 10.4 Å². The molecule has 0 unspecified atom stereocenters. The first-order valence-corrected chi connectivity index (χ1v) is 6.02. The molecule has 18 heavy (non-hydrogen) atoms. The lowest BCUT2D eigenvalue weighted by molar-refractivity contribution is 0.0239. The van der Waals surface area contributed by atoms with Crippen LogP contribution in [-0.4, -0.2) is 33.4 Å². The van der Waals surface area contributed by atoms with Gasteiger partial charge in [0.25, 0.3) is 0 Å². The monoisotopic (exact) mass is 252 g/mol. The molecular formula is C12H20N4O2. The molecule has 0 fully saturated rings. The van der Waals surface area contributed by atoms with Crippen LogP contribution in [0.1, 0.15) is 32.0 Å². The summed E-state index contributed by atoms with van der Waals surface area (Å²) in [6.07, 6.45) is -0.287. The van der Waals surface area contributed by atoms with E-state index in [1.165, 1.54) is 0 Å². The highest BCUT2D eigenvalue weighted by Gasteiger charge is 2.31. The van der Waals surface area contributed by atoms with Crippen LogP contribution in [0, 0.1) is 0 Å². The number of rotatable bonds is 1. The number of nitrogens with zero attached hydrogens (tertiary/aromatic N) is 3. The van der Waals surface area contributed by atoms with Crippen LogP contribution in [0.5, 0.6) is 0 Å². The number of carbonyl (C=O) groups excluding carboxylic acids is 1. The van der Waals surface area contributed by atoms with Gasteiger partial charge < -0.3 is 10.1 Å². The molecule has 0 aromatic carbocycles. The summed E-state index contributed by atoms with van der Waals surface area (Å²) >= 11 is 0. The zero-order valence-electron chi connectivity index (χ0n) is 11.6. The smallest absolute Gasteiger partial charge is 0.410 e. The molecule has 2 rings (SSSR count). The molecule has 6 heteroatoms. The Hall–Kier alpha value is -1.72. The molecule has 1 aliphatic rings. The maximum absolute atomic E-state index is 12.0. The van der Waals surface area contributed by atoms with Gasteiger partial charge in [-0.05, 0) is 20.8 Å². The van der Waals surface area contributed by atoms with Crippen LogP contribution < -0.4 is 5.32 Å². The number of anilines is 1. The van der Waals surface area contributed by atoms with Crippen molar-refractivity contribution >= 4 is 11.9 Å². The lowest BCUT2D eigenvalue weighted by atomic mass is 10.2. The van der Waals surface area contributed by atoms with E-state index in [1.54, 1.807) is 9.58 Å². The van der Waals surface area contributed by atoms with Gasteiger partial charge in [0.05, 0.1) is 18.8 Å². The van der Waals surface area contributed by atoms with E-state index in [-0.39, 0.29) is 6.09 Å². The third-order valence-corrected chi connectivity index (χ3v) is 2.81. The summed E-state index contributed by atoms with van der Waals surface area (Å²) in [4.78, 5) is 13.6. The second-order valence-electron chi connectivity index (χ2n) is 5.48. The van der Waals surface area contributed by atoms with E-state index in [9.17, 15) is 4.79 Å². The summed E-state index contributed by atoms with van der Waals surface area (Å²) in [5.74, 6) is 0.955. The maximum atomic E-state index is 12.0. The first-order chi connectivity index (χ1) is 8.31. The van der Waals surface area contributed by atoms with E-state index in [0.29, 0.717) is 13.1 Å². The molecule has 0 bridgehead atoms. The van der Waals surface area contributed by atoms with Crippen LogP contribution in [0.25, 0.3) is 0 Å². The molecule has 6 nitrogen and oxygen atoms in total. The van der Waals surface area contributed by atoms with E-state index >= 15 is 0 Å². The average molecular weight is 252 g/mol. The number of carbonyl (C=O) groups is 1. The van der Waals surface area contributed by atoms with E-state index < -0.39 is 5.60 Å². The Morgan fingerprint density at radius 3 is 2.61 bits per heavy atom. The summed E-state index contributed by atoms with van der Waals surface area (Å²) in [5.41, 5.74) is 1.55. The predicted octanol–water partition coefficient (Wildman–Crippen LogP) is 1.71. The molecule has 1 aromatic heterocycles. The van der Waals surface area contributed by atoms with Gasteiger partial charge in [-0.1, -0.05) is 0 Å². The highest BCUT2D eigenvalue weighted by atomic mass is 16.6. The normalized spacial score (nSPS) is 14.6. The van der Waals surface area contributed by atoms with Gasteiger partial charge in [0.2, 0.25) is 0 Å². The van der Waals surface area contributed by atoms with Crippen molar-refractivity contribution < 1.29 is 9.53 Å². The molecule has 1 N–H and O–H groups in total. The fraction of sp³-hybridized carbons (Fsp3) is 0.667. The highest BCUT2D eigenvalue weighted by molar-refractivity contribution is 5.70. The number of aryl methyl sites for hydroxylation is 1. The van der Waals surface area contributed by atoms with Crippen molar-refractivity contribution in [1.82, 2.24) is 14.7 Å². The fourth-order valence-electron chi connectivity index (χ4n) is 2.11. The molecule has 0 radical (unpaired) electrons. The summed E-state index contributed by atoms with van der Waals surface area (Å²) in [6, 6.07) is 0. The quantitative estimate of drug-likeness (QED) is 0.826. The second kappa shape index (κ2) is 4.19. The largest absolute Gasteiger partial charge is 0.444 e. The standard InChI is InChI=1S/C12H20N4O2/c1-12(2,3)18-11(17)16-6-8-9(7-16)14-15(5)10(8)13-4/h13H,6-7H2,1-5H3. The van der Waals surface area contributed by atoms with Gasteiger partial charge in [-0.2, -0.15) is 5.10 Å². The van der Waals surface area contributed by atoms with Crippen molar-refractivity contribution in [2.75, 3.05) is 12.4 Å². The Morgan fingerprint density at radius 1 is 1.39 bits per heavy atom. The van der Waals surface area contributed by atoms with Crippen molar-refractivity contribution in [3.63, 3.8) is 0 Å². The molecule has 0 spiro atoms. The van der Waals surface area contributed by atoms with Gasteiger partial charge in [0, 0.05) is 19.7 Å². The summed E-state index contributed by atoms with van der Waals surface area (Å²) in [6.45, 7) is 6.66. The van der Waals surface area contributed by atoms with Gasteiger partial charge in [-0.3, -0.25) is 9.58 Å². The van der Waals surface area contributed by atoms with Crippen LogP contribution in [0.3, 0.4) is 0 Å². The number of hydrogen-bond donors (Lipinski definition) is 1. The molecule has 2 heterocycles. The Morgan fingerprint density at radius 2 is 2.06 bits per heavy atom. The van der Waals surface area contributed by atoms with Crippen LogP contribution in [0.4, 0.5) is 10.6 Å². The molecular weight excluding hydrogens is 232 g/mol. The Balaban J connectivity index is 2.11. The van der Waals surface area contributed by atoms with E-state index in [1.807, 2.05) is 34.9 Å². The lowest BCUT2D eigenvalue weighted by Crippen LogP contribution is -2.33. The summed E-state index contributed by atoms with van der Waals surface area (Å²) in [5, 5.41) is 7.50. The van der Waals surface area contributed by atoms with Crippen molar-refractivity contribution in [2.24, 2.45) is 7.05 Å². The van der Waals surface area contributed by atoms with Crippen LogP contribution in [0.2, 0.25) is 0 Å². The molecule has 100 valence electrons. The molecule has 1 amide bonds. The number of ether oxygens (including phenoxy) is 1. The Kier molecular flexibility index (Phi) is 2.96. The van der Waals surface area contributed by atoms with Gasteiger partial charge in [-0.15, -0.1) is 0 Å². The minimum atomic E-state index is -0.465. The first-order valence-electron chi connectivity index (χ1n) is 6.02. The van der Waals surface area contributed by atoms with Crippen LogP contribution in [-0.2, 0) is 24.9 Å². The molecule has 0 atom stereocenters. The van der Waals surface area contributed by atoms with Crippen molar-refractivity contribution in [3.8, 4) is 0 Å². The van der Waals surface area contributed by atoms with Crippen LogP contribution >= 0.6 is 0 Å². The number of aromatic nitrogens is 2. The number of fused-ring (bicyclic) bond motifs is 1. The second-order valence-corrected chi connectivity index (χ2v) is 5.48. The number of hydrogen-bond acceptors (Lipinski definition) is 4.